The van der Waals surface area contributed by atoms with Crippen LogP contribution in [0.4, 0.5) is 0 Å². The summed E-state index contributed by atoms with van der Waals surface area (Å²) >= 11 is 3.32. The molecule has 172 valence electrons. The highest BCUT2D eigenvalue weighted by molar-refractivity contribution is 9.09. The molecule has 0 radical (unpaired) electrons. The Bertz CT molecular complexity index is 859. The monoisotopic (exact) mass is 492 g/mol. The average molecular weight is 494 g/mol. The molecule has 0 aromatic carbocycles. The van der Waals surface area contributed by atoms with E-state index in [9.17, 15) is 15.0 Å². The van der Waals surface area contributed by atoms with E-state index in [0.717, 1.165) is 38.5 Å². The van der Waals surface area contributed by atoms with Gasteiger partial charge in [0.25, 0.3) is 0 Å². The number of alkyl halides is 1. The quantitative estimate of drug-likeness (QED) is 0.447. The van der Waals surface area contributed by atoms with Crippen LogP contribution in [0.25, 0.3) is 0 Å². The summed E-state index contributed by atoms with van der Waals surface area (Å²) in [6.07, 6.45) is 11.3. The largest absolute Gasteiger partial charge is 0.389 e. The molecular weight excluding hydrogens is 454 g/mol. The Labute approximate surface area is 195 Å². The Hall–Kier alpha value is -0.520. The SMILES string of the molecule is CC1C[C@H]2[C@@H]3CCC4=CC(=[N+]5CCCC5)CC[C@]4(C)[C@@]3(O)CC[C@]2(C)[C@@]1(O)C(=O)CBr. The molecule has 0 aromatic heterocycles. The van der Waals surface area contributed by atoms with Crippen LogP contribution in [0.5, 0.6) is 0 Å². The number of hydrogen-bond acceptors (Lipinski definition) is 3. The summed E-state index contributed by atoms with van der Waals surface area (Å²) in [5.41, 5.74) is 0.264. The zero-order chi connectivity index (χ0) is 22.2. The van der Waals surface area contributed by atoms with Crippen molar-refractivity contribution < 1.29 is 19.6 Å². The molecule has 5 aliphatic rings. The molecule has 4 fully saturated rings. The van der Waals surface area contributed by atoms with Gasteiger partial charge in [-0.2, -0.15) is 0 Å². The number of fused-ring (bicyclic) bond motifs is 5. The first kappa shape index (κ1) is 22.3. The molecule has 1 heterocycles. The Morgan fingerprint density at radius 2 is 1.84 bits per heavy atom. The maximum Gasteiger partial charge on any atom is 0.175 e. The van der Waals surface area contributed by atoms with Gasteiger partial charge in [0.15, 0.2) is 11.5 Å². The Morgan fingerprint density at radius 1 is 1.13 bits per heavy atom. The smallest absolute Gasteiger partial charge is 0.175 e. The second-order valence-corrected chi connectivity index (χ2v) is 12.3. The van der Waals surface area contributed by atoms with E-state index in [-0.39, 0.29) is 34.3 Å². The van der Waals surface area contributed by atoms with Gasteiger partial charge in [-0.25, -0.2) is 4.58 Å². The first-order valence-electron chi connectivity index (χ1n) is 12.5. The van der Waals surface area contributed by atoms with Gasteiger partial charge in [-0.15, -0.1) is 0 Å². The van der Waals surface area contributed by atoms with Gasteiger partial charge in [-0.1, -0.05) is 42.3 Å². The molecule has 7 atom stereocenters. The van der Waals surface area contributed by atoms with E-state index in [2.05, 4.69) is 40.4 Å². The third kappa shape index (κ3) is 2.72. The van der Waals surface area contributed by atoms with E-state index < -0.39 is 16.6 Å². The van der Waals surface area contributed by atoms with Crippen LogP contribution < -0.4 is 0 Å². The van der Waals surface area contributed by atoms with Crippen LogP contribution in [0.15, 0.2) is 11.6 Å². The molecule has 1 aliphatic heterocycles. The Kier molecular flexibility index (Phi) is 5.20. The van der Waals surface area contributed by atoms with Gasteiger partial charge in [-0.05, 0) is 56.3 Å². The number of carbonyl (C=O) groups excluding carboxylic acids is 1. The summed E-state index contributed by atoms with van der Waals surface area (Å²) < 4.78 is 2.56. The average Bonchev–Trinajstić information content (AvgIpc) is 3.35. The first-order chi connectivity index (χ1) is 14.6. The molecular formula is C26H39BrNO3+. The molecule has 1 saturated heterocycles. The predicted molar refractivity (Wildman–Crippen MR) is 126 cm³/mol. The van der Waals surface area contributed by atoms with E-state index in [0.29, 0.717) is 6.42 Å². The summed E-state index contributed by atoms with van der Waals surface area (Å²) in [5.74, 6) is 0.194. The lowest BCUT2D eigenvalue weighted by Crippen LogP contribution is -2.66. The molecule has 3 saturated carbocycles. The zero-order valence-corrected chi connectivity index (χ0v) is 21.0. The number of aliphatic hydroxyl groups is 2. The minimum Gasteiger partial charge on any atom is -0.389 e. The van der Waals surface area contributed by atoms with Gasteiger partial charge in [0, 0.05) is 36.2 Å². The Balaban J connectivity index is 1.52. The van der Waals surface area contributed by atoms with E-state index in [4.69, 9.17) is 0 Å². The summed E-state index contributed by atoms with van der Waals surface area (Å²) in [6.45, 7) is 8.84. The zero-order valence-electron chi connectivity index (χ0n) is 19.4. The third-order valence-corrected chi connectivity index (χ3v) is 11.3. The summed E-state index contributed by atoms with van der Waals surface area (Å²) in [4.78, 5) is 12.9. The highest BCUT2D eigenvalue weighted by Gasteiger charge is 2.72. The number of hydrogen-bond donors (Lipinski definition) is 2. The van der Waals surface area contributed by atoms with Crippen LogP contribution in [0.3, 0.4) is 0 Å². The van der Waals surface area contributed by atoms with E-state index in [1.807, 2.05) is 6.92 Å². The van der Waals surface area contributed by atoms with Gasteiger partial charge in [0.05, 0.1) is 10.9 Å². The number of ketones is 1. The van der Waals surface area contributed by atoms with Crippen LogP contribution in [0.2, 0.25) is 0 Å². The molecule has 5 rings (SSSR count). The van der Waals surface area contributed by atoms with Gasteiger partial charge in [-0.3, -0.25) is 4.79 Å². The fraction of sp³-hybridized carbons (Fsp3) is 0.846. The second kappa shape index (κ2) is 7.24. The molecule has 2 N–H and O–H groups in total. The molecule has 0 bridgehead atoms. The highest BCUT2D eigenvalue weighted by Crippen LogP contribution is 2.70. The topological polar surface area (TPSA) is 60.5 Å². The van der Waals surface area contributed by atoms with Crippen LogP contribution >= 0.6 is 15.9 Å². The maximum absolute atomic E-state index is 12.9. The number of Topliss-reactive ketones (excluding diaryl/α,β-unsaturated/α-hetero) is 1. The van der Waals surface area contributed by atoms with Crippen molar-refractivity contribution in [2.24, 2.45) is 28.6 Å². The Morgan fingerprint density at radius 3 is 2.52 bits per heavy atom. The number of carbonyl (C=O) groups is 1. The normalized spacial score (nSPS) is 49.4. The van der Waals surface area contributed by atoms with Crippen LogP contribution in [-0.4, -0.2) is 55.9 Å². The third-order valence-electron chi connectivity index (χ3n) is 10.8. The van der Waals surface area contributed by atoms with E-state index >= 15 is 0 Å². The number of nitrogens with zero attached hydrogens (tertiary/aromatic N) is 1. The van der Waals surface area contributed by atoms with Crippen molar-refractivity contribution in [3.63, 3.8) is 0 Å². The number of allylic oxidation sites excluding steroid dienone is 1. The fourth-order valence-corrected chi connectivity index (χ4v) is 9.24. The van der Waals surface area contributed by atoms with Crippen molar-refractivity contribution in [2.75, 3.05) is 18.4 Å². The van der Waals surface area contributed by atoms with Crippen molar-refractivity contribution in [3.8, 4) is 0 Å². The van der Waals surface area contributed by atoms with E-state index in [1.54, 1.807) is 0 Å². The lowest BCUT2D eigenvalue weighted by atomic mass is 9.44. The lowest BCUT2D eigenvalue weighted by molar-refractivity contribution is -0.506. The molecule has 1 unspecified atom stereocenters. The summed E-state index contributed by atoms with van der Waals surface area (Å²) in [5, 5.41) is 24.3. The van der Waals surface area contributed by atoms with Crippen molar-refractivity contribution in [3.05, 3.63) is 11.6 Å². The minimum atomic E-state index is -1.29. The van der Waals surface area contributed by atoms with Crippen molar-refractivity contribution >= 4 is 27.4 Å². The summed E-state index contributed by atoms with van der Waals surface area (Å²) in [7, 11) is 0. The van der Waals surface area contributed by atoms with Crippen molar-refractivity contribution in [1.82, 2.24) is 0 Å². The van der Waals surface area contributed by atoms with Crippen LogP contribution in [-0.2, 0) is 4.79 Å². The van der Waals surface area contributed by atoms with Gasteiger partial charge < -0.3 is 10.2 Å². The molecule has 4 nitrogen and oxygen atoms in total. The minimum absolute atomic E-state index is 0.0684. The van der Waals surface area contributed by atoms with Gasteiger partial charge in [0.1, 0.15) is 18.7 Å². The fourth-order valence-electron chi connectivity index (χ4n) is 8.81. The van der Waals surface area contributed by atoms with Crippen LogP contribution in [0, 0.1) is 28.6 Å². The molecule has 0 aromatic rings. The number of halogens is 1. The highest BCUT2D eigenvalue weighted by atomic mass is 79.9. The standard InChI is InChI=1S/C26H39BrNO3/c1-17-14-21-20-7-6-18-15-19(28-12-4-5-13-28)8-9-23(18,2)25(20,30)11-10-24(21,3)26(17,31)22(29)16-27/h15,17,20-21,30-31H,4-14,16H2,1-3H3/q+1/t17?,20-,21-,23-,24-,25+,26-/m0/s1. The van der Waals surface area contributed by atoms with Crippen molar-refractivity contribution in [2.45, 2.75) is 89.8 Å². The molecule has 5 heteroatoms. The van der Waals surface area contributed by atoms with Crippen molar-refractivity contribution in [1.29, 1.82) is 0 Å². The van der Waals surface area contributed by atoms with Crippen LogP contribution in [0.1, 0.15) is 78.6 Å². The molecule has 31 heavy (non-hydrogen) atoms. The molecule has 4 aliphatic carbocycles. The summed E-state index contributed by atoms with van der Waals surface area (Å²) in [6, 6.07) is 0. The predicted octanol–water partition coefficient (Wildman–Crippen LogP) is 4.25. The lowest BCUT2D eigenvalue weighted by Gasteiger charge is -2.63. The first-order valence-corrected chi connectivity index (χ1v) is 13.6. The second-order valence-electron chi connectivity index (χ2n) is 11.7. The molecule has 0 spiro atoms. The maximum atomic E-state index is 12.9. The number of rotatable bonds is 2. The van der Waals surface area contributed by atoms with E-state index in [1.165, 1.54) is 37.2 Å². The van der Waals surface area contributed by atoms with Gasteiger partial charge in [0.2, 0.25) is 0 Å². The van der Waals surface area contributed by atoms with Gasteiger partial charge >= 0.3 is 0 Å². The molecule has 0 amide bonds.